The minimum Gasteiger partial charge on any atom is -0.368 e. The van der Waals surface area contributed by atoms with Gasteiger partial charge in [0.15, 0.2) is 0 Å². The zero-order chi connectivity index (χ0) is 7.56. The first-order chi connectivity index (χ1) is 4.72. The third-order valence-corrected chi connectivity index (χ3v) is 1.10. The fourth-order valence-corrected chi connectivity index (χ4v) is 0.725. The Labute approximate surface area is 57.9 Å². The number of anilines is 2. The van der Waals surface area contributed by atoms with Crippen LogP contribution in [0.3, 0.4) is 0 Å². The molecule has 0 unspecified atom stereocenters. The van der Waals surface area contributed by atoms with E-state index < -0.39 is 0 Å². The van der Waals surface area contributed by atoms with Gasteiger partial charge in [-0.15, -0.1) is 0 Å². The lowest BCUT2D eigenvalue weighted by molar-refractivity contribution is 0.602. The van der Waals surface area contributed by atoms with Gasteiger partial charge in [-0.25, -0.2) is 0 Å². The summed E-state index contributed by atoms with van der Waals surface area (Å²) in [7, 11) is -0.312. The molecule has 0 spiro atoms. The van der Waals surface area contributed by atoms with Crippen molar-refractivity contribution in [2.45, 2.75) is 0 Å². The molecule has 0 amide bonds. The van der Waals surface area contributed by atoms with E-state index in [0.29, 0.717) is 0 Å². The molecule has 0 saturated heterocycles. The number of nitrogens with two attached hydrogens (primary N) is 2. The zero-order valence-corrected chi connectivity index (χ0v) is 5.75. The Morgan fingerprint density at radius 3 is 2.00 bits per heavy atom. The molecule has 52 valence electrons. The highest BCUT2D eigenvalue weighted by molar-refractivity contribution is 7.33. The van der Waals surface area contributed by atoms with Crippen molar-refractivity contribution in [3.05, 3.63) is 0 Å². The van der Waals surface area contributed by atoms with Crippen LogP contribution in [0.4, 0.5) is 11.9 Å². The molecule has 1 aromatic heterocycles. The van der Waals surface area contributed by atoms with Crippen molar-refractivity contribution in [2.75, 3.05) is 11.5 Å². The quantitative estimate of drug-likeness (QED) is 0.503. The maximum Gasteiger partial charge on any atom is 0.234 e. The molecular formula is C3H4N5OP. The van der Waals surface area contributed by atoms with Gasteiger partial charge in [-0.05, 0) is 0 Å². The van der Waals surface area contributed by atoms with Crippen LogP contribution in [-0.2, 0) is 4.57 Å². The minimum atomic E-state index is -0.312. The molecule has 1 rings (SSSR count). The zero-order valence-electron chi connectivity index (χ0n) is 4.85. The van der Waals surface area contributed by atoms with Crippen molar-refractivity contribution in [2.24, 2.45) is 0 Å². The first kappa shape index (κ1) is 6.82. The second-order valence-corrected chi connectivity index (χ2v) is 2.03. The summed E-state index contributed by atoms with van der Waals surface area (Å²) in [6.07, 6.45) is 0. The predicted molar refractivity (Wildman–Crippen MR) is 35.9 cm³/mol. The van der Waals surface area contributed by atoms with E-state index in [1.807, 2.05) is 0 Å². The van der Waals surface area contributed by atoms with Gasteiger partial charge < -0.3 is 11.5 Å². The van der Waals surface area contributed by atoms with E-state index in [1.54, 1.807) is 0 Å². The van der Waals surface area contributed by atoms with Crippen molar-refractivity contribution in [1.29, 1.82) is 0 Å². The van der Waals surface area contributed by atoms with Crippen LogP contribution in [0.25, 0.3) is 0 Å². The lowest BCUT2D eigenvalue weighted by Gasteiger charge is -1.92. The van der Waals surface area contributed by atoms with E-state index in [0.717, 1.165) is 0 Å². The van der Waals surface area contributed by atoms with Crippen LogP contribution < -0.4 is 17.0 Å². The predicted octanol–water partition coefficient (Wildman–Crippen LogP) is -1.05. The Balaban J connectivity index is 3.18. The monoisotopic (exact) mass is 157 g/mol. The van der Waals surface area contributed by atoms with Crippen LogP contribution in [0, 0.1) is 0 Å². The Hall–Kier alpha value is -1.29. The number of nitrogen functional groups attached to an aromatic ring is 2. The van der Waals surface area contributed by atoms with Crippen molar-refractivity contribution >= 4 is 25.9 Å². The van der Waals surface area contributed by atoms with Crippen molar-refractivity contribution < 1.29 is 4.57 Å². The Morgan fingerprint density at radius 1 is 1.10 bits per heavy atom. The van der Waals surface area contributed by atoms with E-state index in [4.69, 9.17) is 11.5 Å². The highest BCUT2D eigenvalue weighted by Gasteiger charge is 1.98. The van der Waals surface area contributed by atoms with Gasteiger partial charge in [0.2, 0.25) is 25.9 Å². The summed E-state index contributed by atoms with van der Waals surface area (Å²) in [6.45, 7) is 0. The van der Waals surface area contributed by atoms with Crippen molar-refractivity contribution in [1.82, 2.24) is 15.0 Å². The Bertz CT molecular complexity index is 243. The summed E-state index contributed by atoms with van der Waals surface area (Å²) in [6, 6.07) is 0. The van der Waals surface area contributed by atoms with Crippen molar-refractivity contribution in [3.8, 4) is 0 Å². The largest absolute Gasteiger partial charge is 0.368 e. The lowest BCUT2D eigenvalue weighted by Crippen LogP contribution is -2.13. The maximum absolute atomic E-state index is 10.1. The third kappa shape index (κ3) is 1.35. The molecular weight excluding hydrogens is 153 g/mol. The summed E-state index contributed by atoms with van der Waals surface area (Å²) in [4.78, 5) is 10.5. The summed E-state index contributed by atoms with van der Waals surface area (Å²) < 4.78 is 10.1. The van der Waals surface area contributed by atoms with E-state index >= 15 is 0 Å². The molecule has 4 N–H and O–H groups in total. The van der Waals surface area contributed by atoms with Gasteiger partial charge in [0.05, 0.1) is 0 Å². The SMILES string of the molecule is Nc1nc(N)nc(P=O)n1. The molecule has 10 heavy (non-hydrogen) atoms. The minimum absolute atomic E-state index is 0.0224. The molecule has 0 radical (unpaired) electrons. The van der Waals surface area contributed by atoms with E-state index in [2.05, 4.69) is 15.0 Å². The van der Waals surface area contributed by atoms with Crippen LogP contribution in [0.1, 0.15) is 0 Å². The summed E-state index contributed by atoms with van der Waals surface area (Å²) in [5, 5.41) is 0. The van der Waals surface area contributed by atoms with Gasteiger partial charge in [-0.1, -0.05) is 0 Å². The summed E-state index contributed by atoms with van der Waals surface area (Å²) >= 11 is 0. The fourth-order valence-electron chi connectivity index (χ4n) is 0.438. The van der Waals surface area contributed by atoms with E-state index in [-0.39, 0.29) is 25.9 Å². The maximum atomic E-state index is 10.1. The molecule has 0 aliphatic heterocycles. The second kappa shape index (κ2) is 2.53. The number of hydrogen-bond acceptors (Lipinski definition) is 6. The molecule has 1 aromatic rings. The van der Waals surface area contributed by atoms with Gasteiger partial charge in [0.1, 0.15) is 0 Å². The Morgan fingerprint density at radius 2 is 1.60 bits per heavy atom. The fraction of sp³-hybridized carbons (Fsp3) is 0. The van der Waals surface area contributed by atoms with Gasteiger partial charge in [-0.2, -0.15) is 15.0 Å². The molecule has 0 atom stereocenters. The molecule has 0 fully saturated rings. The highest BCUT2D eigenvalue weighted by Crippen LogP contribution is 1.94. The Kier molecular flexibility index (Phi) is 1.73. The standard InChI is InChI=1S/C3H4N5OP/c4-1-6-2(5)8-3(7-1)10-9/h(H4,4,5,6,7,8). The van der Waals surface area contributed by atoms with Gasteiger partial charge >= 0.3 is 0 Å². The van der Waals surface area contributed by atoms with Crippen LogP contribution in [0.5, 0.6) is 0 Å². The van der Waals surface area contributed by atoms with Crippen LogP contribution >= 0.6 is 8.46 Å². The van der Waals surface area contributed by atoms with Gasteiger partial charge in [-0.3, -0.25) is 4.57 Å². The number of aromatic nitrogens is 3. The summed E-state index contributed by atoms with van der Waals surface area (Å²) in [5.74, 6) is -0.0447. The normalized spacial score (nSPS) is 10.0. The van der Waals surface area contributed by atoms with E-state index in [1.165, 1.54) is 0 Å². The van der Waals surface area contributed by atoms with Crippen LogP contribution in [-0.4, -0.2) is 15.0 Å². The molecule has 0 aliphatic carbocycles. The molecule has 6 nitrogen and oxygen atoms in total. The molecule has 0 saturated carbocycles. The van der Waals surface area contributed by atoms with Crippen LogP contribution in [0.2, 0.25) is 0 Å². The first-order valence-corrected chi connectivity index (χ1v) is 3.14. The lowest BCUT2D eigenvalue weighted by atomic mass is 10.9. The molecule has 0 aromatic carbocycles. The number of nitrogens with zero attached hydrogens (tertiary/aromatic N) is 3. The molecule has 1 heterocycles. The smallest absolute Gasteiger partial charge is 0.234 e. The highest BCUT2D eigenvalue weighted by atomic mass is 31.1. The van der Waals surface area contributed by atoms with E-state index in [9.17, 15) is 4.57 Å². The molecule has 0 bridgehead atoms. The number of hydrogen-bond donors (Lipinski definition) is 2. The molecule has 7 heteroatoms. The first-order valence-electron chi connectivity index (χ1n) is 2.33. The molecule has 0 aliphatic rings. The third-order valence-electron chi connectivity index (χ3n) is 0.740. The second-order valence-electron chi connectivity index (χ2n) is 1.44. The van der Waals surface area contributed by atoms with Crippen LogP contribution in [0.15, 0.2) is 0 Å². The van der Waals surface area contributed by atoms with Crippen molar-refractivity contribution in [3.63, 3.8) is 0 Å². The summed E-state index contributed by atoms with van der Waals surface area (Å²) in [5.41, 5.74) is 10.3. The number of rotatable bonds is 1. The van der Waals surface area contributed by atoms with Gasteiger partial charge in [0, 0.05) is 0 Å². The van der Waals surface area contributed by atoms with Gasteiger partial charge in [0.25, 0.3) is 0 Å². The average molecular weight is 157 g/mol. The topological polar surface area (TPSA) is 108 Å². The average Bonchev–Trinajstić information content (AvgIpc) is 1.85.